The van der Waals surface area contributed by atoms with Crippen molar-refractivity contribution in [1.82, 2.24) is 14.9 Å². The second kappa shape index (κ2) is 9.09. The molecule has 2 amide bonds. The van der Waals surface area contributed by atoms with E-state index in [1.807, 2.05) is 35.8 Å². The van der Waals surface area contributed by atoms with Gasteiger partial charge in [0, 0.05) is 19.6 Å². The van der Waals surface area contributed by atoms with E-state index in [0.717, 1.165) is 42.7 Å². The molecule has 1 aliphatic heterocycles. The van der Waals surface area contributed by atoms with Crippen LogP contribution in [-0.4, -0.2) is 40.6 Å². The molecule has 1 saturated heterocycles. The first-order chi connectivity index (χ1) is 14.7. The second-order valence-corrected chi connectivity index (χ2v) is 7.40. The Morgan fingerprint density at radius 2 is 1.97 bits per heavy atom. The van der Waals surface area contributed by atoms with Crippen LogP contribution in [0, 0.1) is 0 Å². The number of anilines is 1. The molecule has 0 bridgehead atoms. The molecule has 7 nitrogen and oxygen atoms in total. The van der Waals surface area contributed by atoms with Gasteiger partial charge in [-0.15, -0.1) is 0 Å². The van der Waals surface area contributed by atoms with Gasteiger partial charge < -0.3 is 19.9 Å². The van der Waals surface area contributed by atoms with Crippen molar-refractivity contribution in [3.05, 3.63) is 59.9 Å². The minimum atomic E-state index is -0.219. The number of carbonyl (C=O) groups excluding carboxylic acids is 2. The number of fused-ring (bicyclic) bond motifs is 1. The lowest BCUT2D eigenvalue weighted by molar-refractivity contribution is -0.116. The third-order valence-corrected chi connectivity index (χ3v) is 5.31. The summed E-state index contributed by atoms with van der Waals surface area (Å²) < 4.78 is 7.48. The van der Waals surface area contributed by atoms with Crippen LogP contribution in [0.2, 0.25) is 0 Å². The molecule has 7 heteroatoms. The number of hydrogen-bond acceptors (Lipinski definition) is 4. The zero-order valence-electron chi connectivity index (χ0n) is 17.1. The van der Waals surface area contributed by atoms with E-state index < -0.39 is 0 Å². The molecule has 1 aromatic heterocycles. The Morgan fingerprint density at radius 3 is 2.77 bits per heavy atom. The molecular formula is C23H26N4O3. The van der Waals surface area contributed by atoms with E-state index in [0.29, 0.717) is 17.8 Å². The molecule has 3 aromatic rings. The van der Waals surface area contributed by atoms with Crippen LogP contribution in [0.15, 0.2) is 48.5 Å². The minimum absolute atomic E-state index is 0.0673. The van der Waals surface area contributed by atoms with Gasteiger partial charge in [0.2, 0.25) is 5.91 Å². The Balaban J connectivity index is 1.47. The number of rotatable bonds is 7. The fourth-order valence-electron chi connectivity index (χ4n) is 3.80. The topological polar surface area (TPSA) is 85.2 Å². The summed E-state index contributed by atoms with van der Waals surface area (Å²) in [5.41, 5.74) is 2.73. The van der Waals surface area contributed by atoms with Crippen molar-refractivity contribution in [3.63, 3.8) is 0 Å². The van der Waals surface area contributed by atoms with Crippen LogP contribution in [0.1, 0.15) is 35.9 Å². The standard InChI is InChI=1S/C23H26N4O3/c1-2-21-25-19-11-5-6-12-20(19)27(21)15-22(28)26-18-10-4-3-9-17(18)23(29)24-14-16-8-7-13-30-16/h3-6,9-12,16H,2,7-8,13-15H2,1H3,(H,24,29)(H,26,28). The zero-order valence-corrected chi connectivity index (χ0v) is 17.1. The van der Waals surface area contributed by atoms with Gasteiger partial charge >= 0.3 is 0 Å². The molecule has 2 N–H and O–H groups in total. The molecule has 2 heterocycles. The number of hydrogen-bond donors (Lipinski definition) is 2. The van der Waals surface area contributed by atoms with Crippen LogP contribution in [-0.2, 0) is 22.5 Å². The number of aryl methyl sites for hydroxylation is 1. The Labute approximate surface area is 175 Å². The molecule has 0 saturated carbocycles. The Kier molecular flexibility index (Phi) is 6.09. The summed E-state index contributed by atoms with van der Waals surface area (Å²) in [4.78, 5) is 30.1. The first-order valence-corrected chi connectivity index (χ1v) is 10.4. The normalized spacial score (nSPS) is 16.0. The number of ether oxygens (including phenoxy) is 1. The van der Waals surface area contributed by atoms with Crippen molar-refractivity contribution in [3.8, 4) is 0 Å². The predicted octanol–water partition coefficient (Wildman–Crippen LogP) is 3.15. The van der Waals surface area contributed by atoms with E-state index in [1.165, 1.54) is 0 Å². The van der Waals surface area contributed by atoms with Crippen molar-refractivity contribution in [2.75, 3.05) is 18.5 Å². The number of amides is 2. The van der Waals surface area contributed by atoms with E-state index in [4.69, 9.17) is 4.74 Å². The summed E-state index contributed by atoms with van der Waals surface area (Å²) in [6.45, 7) is 3.37. The van der Waals surface area contributed by atoms with Crippen molar-refractivity contribution >= 4 is 28.5 Å². The number of aromatic nitrogens is 2. The van der Waals surface area contributed by atoms with E-state index in [2.05, 4.69) is 15.6 Å². The summed E-state index contributed by atoms with van der Waals surface area (Å²) in [5.74, 6) is 0.435. The number of benzene rings is 2. The van der Waals surface area contributed by atoms with Crippen molar-refractivity contribution in [1.29, 1.82) is 0 Å². The van der Waals surface area contributed by atoms with Gasteiger partial charge in [-0.05, 0) is 37.1 Å². The van der Waals surface area contributed by atoms with Gasteiger partial charge in [0.15, 0.2) is 0 Å². The minimum Gasteiger partial charge on any atom is -0.376 e. The Hall–Kier alpha value is -3.19. The number of imidazole rings is 1. The fraction of sp³-hybridized carbons (Fsp3) is 0.348. The molecule has 1 aliphatic rings. The van der Waals surface area contributed by atoms with Gasteiger partial charge in [-0.1, -0.05) is 31.2 Å². The molecular weight excluding hydrogens is 380 g/mol. The number of carbonyl (C=O) groups is 2. The fourth-order valence-corrected chi connectivity index (χ4v) is 3.80. The summed E-state index contributed by atoms with van der Waals surface area (Å²) in [7, 11) is 0. The highest BCUT2D eigenvalue weighted by molar-refractivity contribution is 6.03. The Morgan fingerprint density at radius 1 is 1.17 bits per heavy atom. The maximum absolute atomic E-state index is 12.8. The summed E-state index contributed by atoms with van der Waals surface area (Å²) >= 11 is 0. The highest BCUT2D eigenvalue weighted by Gasteiger charge is 2.19. The molecule has 4 rings (SSSR count). The van der Waals surface area contributed by atoms with Crippen LogP contribution in [0.4, 0.5) is 5.69 Å². The SMILES string of the molecule is CCc1nc2ccccc2n1CC(=O)Nc1ccccc1C(=O)NCC1CCCO1. The van der Waals surface area contributed by atoms with Crippen LogP contribution >= 0.6 is 0 Å². The van der Waals surface area contributed by atoms with E-state index in [1.54, 1.807) is 24.3 Å². The lowest BCUT2D eigenvalue weighted by Gasteiger charge is -2.14. The highest BCUT2D eigenvalue weighted by atomic mass is 16.5. The second-order valence-electron chi connectivity index (χ2n) is 7.40. The first-order valence-electron chi connectivity index (χ1n) is 10.4. The quantitative estimate of drug-likeness (QED) is 0.631. The number of nitrogens with zero attached hydrogens (tertiary/aromatic N) is 2. The first kappa shape index (κ1) is 20.1. The average Bonchev–Trinajstić information content (AvgIpc) is 3.40. The summed E-state index contributed by atoms with van der Waals surface area (Å²) in [5, 5.41) is 5.81. The molecule has 0 spiro atoms. The smallest absolute Gasteiger partial charge is 0.253 e. The van der Waals surface area contributed by atoms with Gasteiger partial charge in [-0.25, -0.2) is 4.98 Å². The van der Waals surface area contributed by atoms with Crippen LogP contribution in [0.25, 0.3) is 11.0 Å². The molecule has 30 heavy (non-hydrogen) atoms. The maximum atomic E-state index is 12.8. The van der Waals surface area contributed by atoms with Crippen LogP contribution < -0.4 is 10.6 Å². The Bertz CT molecular complexity index is 1050. The average molecular weight is 406 g/mol. The largest absolute Gasteiger partial charge is 0.376 e. The highest BCUT2D eigenvalue weighted by Crippen LogP contribution is 2.19. The number of para-hydroxylation sites is 3. The van der Waals surface area contributed by atoms with Crippen molar-refractivity contribution in [2.24, 2.45) is 0 Å². The molecule has 0 aliphatic carbocycles. The van der Waals surface area contributed by atoms with E-state index >= 15 is 0 Å². The number of nitrogens with one attached hydrogen (secondary N) is 2. The summed E-state index contributed by atoms with van der Waals surface area (Å²) in [6.07, 6.45) is 2.77. The van der Waals surface area contributed by atoms with Gasteiger partial charge in [-0.2, -0.15) is 0 Å². The van der Waals surface area contributed by atoms with Gasteiger partial charge in [0.25, 0.3) is 5.91 Å². The van der Waals surface area contributed by atoms with Crippen molar-refractivity contribution in [2.45, 2.75) is 38.8 Å². The van der Waals surface area contributed by atoms with Crippen LogP contribution in [0.5, 0.6) is 0 Å². The lowest BCUT2D eigenvalue weighted by atomic mass is 10.1. The molecule has 156 valence electrons. The molecule has 1 fully saturated rings. The zero-order chi connectivity index (χ0) is 20.9. The summed E-state index contributed by atoms with van der Waals surface area (Å²) in [6, 6.07) is 14.8. The van der Waals surface area contributed by atoms with Crippen molar-refractivity contribution < 1.29 is 14.3 Å². The molecule has 2 aromatic carbocycles. The molecule has 1 atom stereocenters. The van der Waals surface area contributed by atoms with E-state index in [-0.39, 0.29) is 24.5 Å². The third kappa shape index (κ3) is 4.36. The molecule has 0 radical (unpaired) electrons. The van der Waals surface area contributed by atoms with E-state index in [9.17, 15) is 9.59 Å². The predicted molar refractivity (Wildman–Crippen MR) is 115 cm³/mol. The molecule has 1 unspecified atom stereocenters. The monoisotopic (exact) mass is 406 g/mol. The lowest BCUT2D eigenvalue weighted by Crippen LogP contribution is -2.32. The van der Waals surface area contributed by atoms with Crippen LogP contribution in [0.3, 0.4) is 0 Å². The van der Waals surface area contributed by atoms with Gasteiger partial charge in [-0.3, -0.25) is 9.59 Å². The maximum Gasteiger partial charge on any atom is 0.253 e. The third-order valence-electron chi connectivity index (χ3n) is 5.31. The van der Waals surface area contributed by atoms with Gasteiger partial charge in [0.05, 0.1) is 28.4 Å². The van der Waals surface area contributed by atoms with Gasteiger partial charge in [0.1, 0.15) is 12.4 Å².